The average Bonchev–Trinajstić information content (AvgIpc) is 2.65. The molecule has 1 amide bonds. The van der Waals surface area contributed by atoms with Gasteiger partial charge in [0, 0.05) is 12.1 Å². The summed E-state index contributed by atoms with van der Waals surface area (Å²) < 4.78 is 0. The van der Waals surface area contributed by atoms with Crippen LogP contribution >= 0.6 is 11.6 Å². The van der Waals surface area contributed by atoms with Crippen LogP contribution in [0.25, 0.3) is 11.0 Å². The maximum atomic E-state index is 11.5. The highest BCUT2D eigenvalue weighted by Gasteiger charge is 2.11. The molecule has 2 heterocycles. The van der Waals surface area contributed by atoms with Gasteiger partial charge in [-0.15, -0.1) is 0 Å². The van der Waals surface area contributed by atoms with Gasteiger partial charge in [-0.05, 0) is 6.07 Å². The number of rotatable bonds is 2. The van der Waals surface area contributed by atoms with Crippen molar-refractivity contribution in [3.63, 3.8) is 0 Å². The largest absolute Gasteiger partial charge is 0.346 e. The van der Waals surface area contributed by atoms with E-state index in [0.29, 0.717) is 10.8 Å². The summed E-state index contributed by atoms with van der Waals surface area (Å²) in [6.07, 6.45) is 1.72. The lowest BCUT2D eigenvalue weighted by Gasteiger charge is -2.06. The molecule has 0 aliphatic carbocycles. The Balaban J connectivity index is 2.35. The summed E-state index contributed by atoms with van der Waals surface area (Å²) in [5.74, 6) is -0.0395. The molecule has 0 saturated heterocycles. The van der Waals surface area contributed by atoms with Crippen molar-refractivity contribution >= 4 is 34.5 Å². The summed E-state index contributed by atoms with van der Waals surface area (Å²) in [6.45, 7) is 3.59. The lowest BCUT2D eigenvalue weighted by molar-refractivity contribution is -0.118. The minimum atomic E-state index is -0.137. The van der Waals surface area contributed by atoms with Crippen molar-refractivity contribution in [3.8, 4) is 0 Å². The first kappa shape index (κ1) is 10.9. The predicted molar refractivity (Wildman–Crippen MR) is 62.4 cm³/mol. The number of aromatic amines is 1. The Labute approximate surface area is 97.2 Å². The summed E-state index contributed by atoms with van der Waals surface area (Å²) in [5.41, 5.74) is 0.610. The highest BCUT2D eigenvalue weighted by molar-refractivity contribution is 6.34. The zero-order valence-electron chi connectivity index (χ0n) is 8.91. The van der Waals surface area contributed by atoms with E-state index in [2.05, 4.69) is 20.3 Å². The first-order chi connectivity index (χ1) is 7.58. The van der Waals surface area contributed by atoms with E-state index in [9.17, 15) is 4.79 Å². The van der Waals surface area contributed by atoms with Gasteiger partial charge >= 0.3 is 0 Å². The van der Waals surface area contributed by atoms with Crippen molar-refractivity contribution in [2.75, 3.05) is 5.32 Å². The normalized spacial score (nSPS) is 11.0. The van der Waals surface area contributed by atoms with Crippen LogP contribution in [0.2, 0.25) is 5.15 Å². The number of carbonyl (C=O) groups is 1. The second-order valence-electron chi connectivity index (χ2n) is 3.72. The van der Waals surface area contributed by atoms with Gasteiger partial charge in [0.1, 0.15) is 10.8 Å². The molecule has 0 bridgehead atoms. The third-order valence-corrected chi connectivity index (χ3v) is 2.42. The molecule has 0 aliphatic rings. The van der Waals surface area contributed by atoms with E-state index in [1.807, 2.05) is 0 Å². The first-order valence-electron chi connectivity index (χ1n) is 4.89. The molecule has 0 saturated carbocycles. The second-order valence-corrected chi connectivity index (χ2v) is 4.08. The summed E-state index contributed by atoms with van der Waals surface area (Å²) >= 11 is 5.94. The highest BCUT2D eigenvalue weighted by atomic mass is 35.5. The molecule has 0 radical (unpaired) electrons. The van der Waals surface area contributed by atoms with Crippen LogP contribution in [0.4, 0.5) is 5.95 Å². The quantitative estimate of drug-likeness (QED) is 0.788. The summed E-state index contributed by atoms with van der Waals surface area (Å²) in [5, 5.41) is 3.66. The predicted octanol–water partition coefficient (Wildman–Crippen LogP) is 2.21. The van der Waals surface area contributed by atoms with E-state index in [-0.39, 0.29) is 17.8 Å². The standard InChI is InChI=1S/C10H11ClN4O/c1-5(2)9(16)15-10-13-7(11)6-3-4-12-8(6)14-10/h3-5H,1-2H3,(H2,12,13,14,15,16). The van der Waals surface area contributed by atoms with E-state index in [1.54, 1.807) is 26.1 Å². The van der Waals surface area contributed by atoms with Gasteiger partial charge in [0.15, 0.2) is 0 Å². The van der Waals surface area contributed by atoms with Crippen molar-refractivity contribution in [1.82, 2.24) is 15.0 Å². The Morgan fingerprint density at radius 1 is 1.50 bits per heavy atom. The molecule has 2 aromatic heterocycles. The molecular weight excluding hydrogens is 228 g/mol. The number of hydrogen-bond donors (Lipinski definition) is 2. The van der Waals surface area contributed by atoms with Crippen molar-refractivity contribution in [2.45, 2.75) is 13.8 Å². The van der Waals surface area contributed by atoms with Crippen LogP contribution in [0.15, 0.2) is 12.3 Å². The third-order valence-electron chi connectivity index (χ3n) is 2.13. The summed E-state index contributed by atoms with van der Waals surface area (Å²) in [4.78, 5) is 22.5. The Morgan fingerprint density at radius 2 is 2.25 bits per heavy atom. The van der Waals surface area contributed by atoms with Crippen LogP contribution in [-0.2, 0) is 4.79 Å². The summed E-state index contributed by atoms with van der Waals surface area (Å²) in [6, 6.07) is 1.78. The van der Waals surface area contributed by atoms with Gasteiger partial charge in [-0.3, -0.25) is 10.1 Å². The SMILES string of the molecule is CC(C)C(=O)Nc1nc(Cl)c2cc[nH]c2n1. The van der Waals surface area contributed by atoms with Crippen LogP contribution in [0, 0.1) is 5.92 Å². The minimum absolute atomic E-state index is 0.123. The van der Waals surface area contributed by atoms with Crippen molar-refractivity contribution in [2.24, 2.45) is 5.92 Å². The molecule has 16 heavy (non-hydrogen) atoms. The number of carbonyl (C=O) groups excluding carboxylic acids is 1. The van der Waals surface area contributed by atoms with Crippen LogP contribution in [0.3, 0.4) is 0 Å². The number of fused-ring (bicyclic) bond motifs is 1. The van der Waals surface area contributed by atoms with Crippen molar-refractivity contribution < 1.29 is 4.79 Å². The highest BCUT2D eigenvalue weighted by Crippen LogP contribution is 2.20. The Hall–Kier alpha value is -1.62. The molecule has 0 fully saturated rings. The number of halogens is 1. The molecule has 2 rings (SSSR count). The fourth-order valence-corrected chi connectivity index (χ4v) is 1.45. The monoisotopic (exact) mass is 238 g/mol. The van der Waals surface area contributed by atoms with Gasteiger partial charge < -0.3 is 4.98 Å². The van der Waals surface area contributed by atoms with Crippen LogP contribution in [0.5, 0.6) is 0 Å². The molecule has 0 aromatic carbocycles. The van der Waals surface area contributed by atoms with Gasteiger partial charge in [-0.2, -0.15) is 9.97 Å². The first-order valence-corrected chi connectivity index (χ1v) is 5.27. The summed E-state index contributed by atoms with van der Waals surface area (Å²) in [7, 11) is 0. The average molecular weight is 239 g/mol. The lowest BCUT2D eigenvalue weighted by atomic mass is 10.2. The van der Waals surface area contributed by atoms with E-state index in [0.717, 1.165) is 5.39 Å². The maximum absolute atomic E-state index is 11.5. The molecule has 0 unspecified atom stereocenters. The molecule has 2 N–H and O–H groups in total. The molecule has 0 aliphatic heterocycles. The number of amides is 1. The van der Waals surface area contributed by atoms with E-state index >= 15 is 0 Å². The molecule has 0 atom stereocenters. The maximum Gasteiger partial charge on any atom is 0.232 e. The molecule has 84 valence electrons. The number of anilines is 1. The van der Waals surface area contributed by atoms with E-state index in [1.165, 1.54) is 0 Å². The van der Waals surface area contributed by atoms with Gasteiger partial charge in [-0.25, -0.2) is 0 Å². The topological polar surface area (TPSA) is 70.7 Å². The molecule has 5 nitrogen and oxygen atoms in total. The third kappa shape index (κ3) is 1.99. The number of hydrogen-bond acceptors (Lipinski definition) is 3. The zero-order chi connectivity index (χ0) is 11.7. The molecule has 6 heteroatoms. The van der Waals surface area contributed by atoms with Gasteiger partial charge in [-0.1, -0.05) is 25.4 Å². The van der Waals surface area contributed by atoms with Crippen LogP contribution in [-0.4, -0.2) is 20.9 Å². The van der Waals surface area contributed by atoms with Crippen LogP contribution < -0.4 is 5.32 Å². The lowest BCUT2D eigenvalue weighted by Crippen LogP contribution is -2.19. The minimum Gasteiger partial charge on any atom is -0.346 e. The van der Waals surface area contributed by atoms with Crippen molar-refractivity contribution in [3.05, 3.63) is 17.4 Å². The number of aromatic nitrogens is 3. The number of nitrogens with zero attached hydrogens (tertiary/aromatic N) is 2. The zero-order valence-corrected chi connectivity index (χ0v) is 9.67. The number of nitrogens with one attached hydrogen (secondary N) is 2. The van der Waals surface area contributed by atoms with E-state index < -0.39 is 0 Å². The fraction of sp³-hybridized carbons (Fsp3) is 0.300. The van der Waals surface area contributed by atoms with Crippen molar-refractivity contribution in [1.29, 1.82) is 0 Å². The van der Waals surface area contributed by atoms with E-state index in [4.69, 9.17) is 11.6 Å². The van der Waals surface area contributed by atoms with Gasteiger partial charge in [0.25, 0.3) is 0 Å². The van der Waals surface area contributed by atoms with Gasteiger partial charge in [0.05, 0.1) is 5.39 Å². The Kier molecular flexibility index (Phi) is 2.78. The van der Waals surface area contributed by atoms with Crippen LogP contribution in [0.1, 0.15) is 13.8 Å². The Morgan fingerprint density at radius 3 is 2.94 bits per heavy atom. The smallest absolute Gasteiger partial charge is 0.232 e. The van der Waals surface area contributed by atoms with Gasteiger partial charge in [0.2, 0.25) is 11.9 Å². The molecule has 0 spiro atoms. The Bertz CT molecular complexity index is 535. The molecule has 2 aromatic rings. The molecular formula is C10H11ClN4O. The number of H-pyrrole nitrogens is 1. The fourth-order valence-electron chi connectivity index (χ4n) is 1.21. The second kappa shape index (κ2) is 4.09.